The monoisotopic (exact) mass is 183 g/mol. The molecular formula is C6H8F3NO2. The SMILES string of the molecule is CC(=O)C(C)NC(=O)C(F)(F)F. The van der Waals surface area contributed by atoms with E-state index in [9.17, 15) is 22.8 Å². The van der Waals surface area contributed by atoms with E-state index in [0.717, 1.165) is 6.92 Å². The third-order valence-electron chi connectivity index (χ3n) is 1.21. The van der Waals surface area contributed by atoms with Crippen LogP contribution in [0.4, 0.5) is 13.2 Å². The number of nitrogens with one attached hydrogen (secondary N) is 1. The summed E-state index contributed by atoms with van der Waals surface area (Å²) >= 11 is 0. The van der Waals surface area contributed by atoms with Gasteiger partial charge >= 0.3 is 12.1 Å². The van der Waals surface area contributed by atoms with Crippen molar-refractivity contribution in [1.29, 1.82) is 0 Å². The summed E-state index contributed by atoms with van der Waals surface area (Å²) in [4.78, 5) is 20.6. The number of halogens is 3. The molecule has 0 aromatic rings. The Balaban J connectivity index is 4.11. The molecule has 3 nitrogen and oxygen atoms in total. The molecule has 1 amide bonds. The van der Waals surface area contributed by atoms with E-state index in [1.165, 1.54) is 12.2 Å². The maximum absolute atomic E-state index is 11.5. The van der Waals surface area contributed by atoms with Crippen molar-refractivity contribution < 1.29 is 22.8 Å². The standard InChI is InChI=1S/C6H8F3NO2/c1-3(4(2)11)10-5(12)6(7,8)9/h3H,1-2H3,(H,10,12). The van der Waals surface area contributed by atoms with Crippen molar-refractivity contribution in [1.82, 2.24) is 5.32 Å². The molecule has 70 valence electrons. The van der Waals surface area contributed by atoms with Gasteiger partial charge < -0.3 is 5.32 Å². The average Bonchev–Trinajstić information content (AvgIpc) is 1.85. The number of Topliss-reactive ketones (excluding diaryl/α,β-unsaturated/α-hetero) is 1. The lowest BCUT2D eigenvalue weighted by Gasteiger charge is -2.11. The molecule has 0 spiro atoms. The number of amides is 1. The number of hydrogen-bond donors (Lipinski definition) is 1. The molecular weight excluding hydrogens is 175 g/mol. The Labute approximate surface area is 66.9 Å². The molecule has 0 aliphatic carbocycles. The second kappa shape index (κ2) is 3.55. The molecule has 0 aliphatic rings. The minimum absolute atomic E-state index is 0.521. The first-order valence-electron chi connectivity index (χ1n) is 3.13. The Hall–Kier alpha value is -1.07. The highest BCUT2D eigenvalue weighted by Crippen LogP contribution is 2.14. The number of ketones is 1. The fourth-order valence-corrected chi connectivity index (χ4v) is 0.380. The first kappa shape index (κ1) is 10.9. The van der Waals surface area contributed by atoms with E-state index in [1.807, 2.05) is 0 Å². The predicted octanol–water partition coefficient (Wildman–Crippen LogP) is 0.642. The van der Waals surface area contributed by atoms with Gasteiger partial charge in [-0.3, -0.25) is 9.59 Å². The maximum Gasteiger partial charge on any atom is 0.471 e. The molecule has 0 radical (unpaired) electrons. The molecule has 0 aromatic carbocycles. The van der Waals surface area contributed by atoms with Crippen molar-refractivity contribution >= 4 is 11.7 Å². The van der Waals surface area contributed by atoms with Crippen LogP contribution < -0.4 is 5.32 Å². The second-order valence-electron chi connectivity index (χ2n) is 2.30. The van der Waals surface area contributed by atoms with Crippen molar-refractivity contribution in [2.24, 2.45) is 0 Å². The van der Waals surface area contributed by atoms with E-state index in [2.05, 4.69) is 0 Å². The van der Waals surface area contributed by atoms with Crippen molar-refractivity contribution in [3.63, 3.8) is 0 Å². The predicted molar refractivity (Wildman–Crippen MR) is 34.3 cm³/mol. The Morgan fingerprint density at radius 3 is 2.00 bits per heavy atom. The lowest BCUT2D eigenvalue weighted by molar-refractivity contribution is -0.174. The summed E-state index contributed by atoms with van der Waals surface area (Å²) in [6.07, 6.45) is -4.93. The van der Waals surface area contributed by atoms with Gasteiger partial charge in [0.25, 0.3) is 0 Å². The average molecular weight is 183 g/mol. The minimum Gasteiger partial charge on any atom is -0.339 e. The Morgan fingerprint density at radius 1 is 1.33 bits per heavy atom. The zero-order chi connectivity index (χ0) is 9.94. The van der Waals surface area contributed by atoms with Crippen LogP contribution in [0.1, 0.15) is 13.8 Å². The lowest BCUT2D eigenvalue weighted by Crippen LogP contribution is -2.44. The van der Waals surface area contributed by atoms with Gasteiger partial charge in [0.2, 0.25) is 0 Å². The third-order valence-corrected chi connectivity index (χ3v) is 1.21. The lowest BCUT2D eigenvalue weighted by atomic mass is 10.2. The first-order valence-corrected chi connectivity index (χ1v) is 3.13. The van der Waals surface area contributed by atoms with Crippen LogP contribution in [-0.2, 0) is 9.59 Å². The van der Waals surface area contributed by atoms with E-state index >= 15 is 0 Å². The third kappa shape index (κ3) is 3.36. The number of alkyl halides is 3. The smallest absolute Gasteiger partial charge is 0.339 e. The number of carbonyl (C=O) groups excluding carboxylic acids is 2. The van der Waals surface area contributed by atoms with Gasteiger partial charge in [-0.1, -0.05) is 0 Å². The minimum atomic E-state index is -4.93. The van der Waals surface area contributed by atoms with Crippen LogP contribution in [0.5, 0.6) is 0 Å². The van der Waals surface area contributed by atoms with Crippen LogP contribution in [0.2, 0.25) is 0 Å². The van der Waals surface area contributed by atoms with E-state index in [1.54, 1.807) is 0 Å². The maximum atomic E-state index is 11.5. The quantitative estimate of drug-likeness (QED) is 0.682. The zero-order valence-electron chi connectivity index (χ0n) is 6.53. The molecule has 0 bridgehead atoms. The molecule has 0 saturated heterocycles. The molecule has 0 saturated carbocycles. The summed E-state index contributed by atoms with van der Waals surface area (Å²) in [6.45, 7) is 2.29. The van der Waals surface area contributed by atoms with Crippen LogP contribution in [0.3, 0.4) is 0 Å². The molecule has 0 rings (SSSR count). The summed E-state index contributed by atoms with van der Waals surface area (Å²) in [6, 6.07) is -1.10. The van der Waals surface area contributed by atoms with E-state index in [4.69, 9.17) is 0 Å². The Bertz CT molecular complexity index is 199. The van der Waals surface area contributed by atoms with Crippen molar-refractivity contribution in [3.8, 4) is 0 Å². The largest absolute Gasteiger partial charge is 0.471 e. The molecule has 1 N–H and O–H groups in total. The van der Waals surface area contributed by atoms with Gasteiger partial charge in [-0.2, -0.15) is 13.2 Å². The van der Waals surface area contributed by atoms with E-state index in [0.29, 0.717) is 0 Å². The van der Waals surface area contributed by atoms with Crippen molar-refractivity contribution in [3.05, 3.63) is 0 Å². The highest BCUT2D eigenvalue weighted by Gasteiger charge is 2.39. The number of hydrogen-bond acceptors (Lipinski definition) is 2. The molecule has 0 aromatic heterocycles. The van der Waals surface area contributed by atoms with Gasteiger partial charge in [-0.05, 0) is 13.8 Å². The fourth-order valence-electron chi connectivity index (χ4n) is 0.380. The van der Waals surface area contributed by atoms with Gasteiger partial charge in [0.1, 0.15) is 0 Å². The van der Waals surface area contributed by atoms with Crippen LogP contribution in [-0.4, -0.2) is 23.9 Å². The van der Waals surface area contributed by atoms with Gasteiger partial charge in [-0.25, -0.2) is 0 Å². The molecule has 12 heavy (non-hydrogen) atoms. The van der Waals surface area contributed by atoms with Gasteiger partial charge in [0, 0.05) is 0 Å². The normalized spacial score (nSPS) is 13.8. The van der Waals surface area contributed by atoms with Crippen LogP contribution in [0.25, 0.3) is 0 Å². The van der Waals surface area contributed by atoms with Crippen LogP contribution in [0.15, 0.2) is 0 Å². The first-order chi connectivity index (χ1) is 5.25. The van der Waals surface area contributed by atoms with Gasteiger partial charge in [0.15, 0.2) is 5.78 Å². The van der Waals surface area contributed by atoms with Crippen LogP contribution in [0, 0.1) is 0 Å². The summed E-state index contributed by atoms with van der Waals surface area (Å²) in [7, 11) is 0. The highest BCUT2D eigenvalue weighted by atomic mass is 19.4. The molecule has 0 fully saturated rings. The van der Waals surface area contributed by atoms with Crippen LogP contribution >= 0.6 is 0 Å². The van der Waals surface area contributed by atoms with Gasteiger partial charge in [0.05, 0.1) is 6.04 Å². The summed E-state index contributed by atoms with van der Waals surface area (Å²) in [5, 5.41) is 1.51. The molecule has 1 atom stereocenters. The highest BCUT2D eigenvalue weighted by molar-refractivity contribution is 5.89. The summed E-state index contributed by atoms with van der Waals surface area (Å²) < 4.78 is 34.6. The van der Waals surface area contributed by atoms with E-state index in [-0.39, 0.29) is 0 Å². The Kier molecular flexibility index (Phi) is 3.24. The zero-order valence-corrected chi connectivity index (χ0v) is 6.53. The van der Waals surface area contributed by atoms with Crippen molar-refractivity contribution in [2.45, 2.75) is 26.1 Å². The molecule has 6 heteroatoms. The fraction of sp³-hybridized carbons (Fsp3) is 0.667. The number of carbonyl (C=O) groups is 2. The molecule has 0 aliphatic heterocycles. The summed E-state index contributed by atoms with van der Waals surface area (Å²) in [5.41, 5.74) is 0. The van der Waals surface area contributed by atoms with Crippen molar-refractivity contribution in [2.75, 3.05) is 0 Å². The topological polar surface area (TPSA) is 46.2 Å². The van der Waals surface area contributed by atoms with Gasteiger partial charge in [-0.15, -0.1) is 0 Å². The molecule has 0 heterocycles. The van der Waals surface area contributed by atoms with E-state index < -0.39 is 23.9 Å². The molecule has 1 unspecified atom stereocenters. The summed E-state index contributed by atoms with van der Waals surface area (Å²) in [5.74, 6) is -2.61. The second-order valence-corrected chi connectivity index (χ2v) is 2.30. The Morgan fingerprint density at radius 2 is 1.75 bits per heavy atom. The number of rotatable bonds is 2.